The molecule has 3 aliphatic heterocycles. The van der Waals surface area contributed by atoms with Crippen LogP contribution < -0.4 is 46.9 Å². The van der Waals surface area contributed by atoms with Crippen molar-refractivity contribution < 1.29 is 0 Å². The SMILES string of the molecule is Cc1cc2c3c(c1)N(c1ccc(C45CC6CC(CC(C6)C4)C5)cc1)c1cccc4c1B3c1c(cccc1[Si]4(c1ccccc1)c1ccccc1)N2c1ccc(C23CC4CC(CC(C4)C2)C3)cc1. The summed E-state index contributed by atoms with van der Waals surface area (Å²) in [6.07, 6.45) is 17.3. The van der Waals surface area contributed by atoms with Crippen molar-refractivity contribution in [3.05, 3.63) is 174 Å². The van der Waals surface area contributed by atoms with Crippen LogP contribution >= 0.6 is 0 Å². The lowest BCUT2D eigenvalue weighted by Gasteiger charge is -2.57. The minimum atomic E-state index is -2.88. The Labute approximate surface area is 398 Å². The summed E-state index contributed by atoms with van der Waals surface area (Å²) in [7, 11) is -2.88. The highest BCUT2D eigenvalue weighted by molar-refractivity contribution is 7.27. The molecule has 0 radical (unpaired) electrons. The Hall–Kier alpha value is -5.58. The van der Waals surface area contributed by atoms with Crippen LogP contribution in [-0.4, -0.2) is 14.8 Å². The molecule has 7 aromatic rings. The van der Waals surface area contributed by atoms with Crippen molar-refractivity contribution in [1.29, 1.82) is 0 Å². The molecule has 0 spiro atoms. The molecular weight excluding hydrogens is 824 g/mol. The van der Waals surface area contributed by atoms with Gasteiger partial charge in [-0.15, -0.1) is 0 Å². The van der Waals surface area contributed by atoms with Gasteiger partial charge in [0.2, 0.25) is 0 Å². The fraction of sp³-hybridized carbons (Fsp3) is 0.333. The number of nitrogens with zero attached hydrogens (tertiary/aromatic N) is 2. The zero-order valence-corrected chi connectivity index (χ0v) is 39.9. The normalized spacial score (nSPS) is 30.2. The molecule has 8 saturated carbocycles. The molecule has 8 fully saturated rings. The number of anilines is 6. The van der Waals surface area contributed by atoms with Crippen LogP contribution in [0.1, 0.15) is 93.7 Å². The van der Waals surface area contributed by atoms with Gasteiger partial charge < -0.3 is 9.80 Å². The number of hydrogen-bond donors (Lipinski definition) is 0. The number of rotatable bonds is 6. The second-order valence-electron chi connectivity index (χ2n) is 23.8. The van der Waals surface area contributed by atoms with E-state index in [0.29, 0.717) is 10.8 Å². The Kier molecular flexibility index (Phi) is 7.77. The van der Waals surface area contributed by atoms with Crippen LogP contribution in [-0.2, 0) is 10.8 Å². The zero-order valence-electron chi connectivity index (χ0n) is 38.9. The van der Waals surface area contributed by atoms with Crippen molar-refractivity contribution >= 4 is 86.0 Å². The summed E-state index contributed by atoms with van der Waals surface area (Å²) in [5.41, 5.74) is 17.7. The maximum absolute atomic E-state index is 2.88. The third kappa shape index (κ3) is 5.13. The summed E-state index contributed by atoms with van der Waals surface area (Å²) in [5.74, 6) is 5.60. The Morgan fingerprint density at radius 1 is 0.403 bits per heavy atom. The molecule has 3 heterocycles. The summed E-state index contributed by atoms with van der Waals surface area (Å²) in [5, 5.41) is 6.00. The smallest absolute Gasteiger partial charge is 0.251 e. The van der Waals surface area contributed by atoms with E-state index < -0.39 is 8.07 Å². The van der Waals surface area contributed by atoms with Crippen molar-refractivity contribution in [3.8, 4) is 0 Å². The molecule has 11 aliphatic rings. The summed E-state index contributed by atoms with van der Waals surface area (Å²) in [6, 6.07) is 63.6. The van der Waals surface area contributed by atoms with E-state index >= 15 is 0 Å². The van der Waals surface area contributed by atoms with Gasteiger partial charge in [0, 0.05) is 34.1 Å². The number of benzene rings is 7. The maximum Gasteiger partial charge on any atom is 0.251 e. The number of aryl methyl sites for hydroxylation is 1. The molecular formula is C63H59BN2Si. The lowest BCUT2D eigenvalue weighted by atomic mass is 9.33. The lowest BCUT2D eigenvalue weighted by Crippen LogP contribution is -2.88. The first kappa shape index (κ1) is 38.4. The number of hydrogen-bond acceptors (Lipinski definition) is 2. The van der Waals surface area contributed by atoms with Gasteiger partial charge in [-0.2, -0.15) is 0 Å². The van der Waals surface area contributed by atoms with Crippen molar-refractivity contribution in [1.82, 2.24) is 0 Å². The maximum atomic E-state index is 2.70. The predicted molar refractivity (Wildman–Crippen MR) is 282 cm³/mol. The van der Waals surface area contributed by atoms with Crippen molar-refractivity contribution in [2.75, 3.05) is 9.80 Å². The van der Waals surface area contributed by atoms with Crippen LogP contribution in [0.25, 0.3) is 0 Å². The van der Waals surface area contributed by atoms with Crippen LogP contribution in [0.4, 0.5) is 34.1 Å². The molecule has 0 unspecified atom stereocenters. The molecule has 2 nitrogen and oxygen atoms in total. The predicted octanol–water partition coefficient (Wildman–Crippen LogP) is 10.7. The second kappa shape index (κ2) is 13.6. The standard InChI is InChI=1S/C63H59BN2Si/c1-40-26-55-59-56(27-40)66(50-24-20-48(21-25-50)63-37-44-31-45(38-63)33-46(32-44)39-63)54-15-9-17-58-61(54)64(59)60-53(14-8-16-57(60)67(58,51-10-4-2-5-11-51)52-12-6-3-7-13-52)65(55)49-22-18-47(19-23-49)62-34-41-28-42(35-62)30-43(29-41)36-62/h2-27,41-46H,28-39H2,1H3. The molecule has 0 aromatic heterocycles. The van der Waals surface area contributed by atoms with E-state index in [1.165, 1.54) is 154 Å². The van der Waals surface area contributed by atoms with E-state index in [1.54, 1.807) is 11.1 Å². The Morgan fingerprint density at radius 2 is 0.776 bits per heavy atom. The lowest BCUT2D eigenvalue weighted by molar-refractivity contribution is -0.00530. The van der Waals surface area contributed by atoms with Crippen LogP contribution in [0.2, 0.25) is 0 Å². The van der Waals surface area contributed by atoms with Gasteiger partial charge in [-0.3, -0.25) is 0 Å². The molecule has 7 aromatic carbocycles. The highest BCUT2D eigenvalue weighted by Gasteiger charge is 2.57. The van der Waals surface area contributed by atoms with Gasteiger partial charge in [0.25, 0.3) is 6.71 Å². The van der Waals surface area contributed by atoms with Gasteiger partial charge in [0.05, 0.1) is 0 Å². The quantitative estimate of drug-likeness (QED) is 0.154. The highest BCUT2D eigenvalue weighted by Crippen LogP contribution is 2.62. The van der Waals surface area contributed by atoms with Crippen LogP contribution in [0, 0.1) is 42.4 Å². The van der Waals surface area contributed by atoms with Gasteiger partial charge in [-0.1, -0.05) is 109 Å². The van der Waals surface area contributed by atoms with Crippen molar-refractivity contribution in [3.63, 3.8) is 0 Å². The molecule has 4 heteroatoms. The zero-order chi connectivity index (χ0) is 43.8. The van der Waals surface area contributed by atoms with Gasteiger partial charge in [0.1, 0.15) is 0 Å². The van der Waals surface area contributed by atoms with Gasteiger partial charge >= 0.3 is 0 Å². The van der Waals surface area contributed by atoms with Crippen LogP contribution in [0.5, 0.6) is 0 Å². The fourth-order valence-corrected chi connectivity index (χ4v) is 23.9. The van der Waals surface area contributed by atoms with Gasteiger partial charge in [-0.25, -0.2) is 0 Å². The molecule has 0 N–H and O–H groups in total. The van der Waals surface area contributed by atoms with E-state index in [2.05, 4.69) is 174 Å². The molecule has 18 rings (SSSR count). The second-order valence-corrected chi connectivity index (χ2v) is 27.5. The van der Waals surface area contributed by atoms with Crippen LogP contribution in [0.3, 0.4) is 0 Å². The third-order valence-corrected chi connectivity index (χ3v) is 24.9. The first-order chi connectivity index (χ1) is 32.9. The molecule has 0 amide bonds. The van der Waals surface area contributed by atoms with E-state index in [0.717, 1.165) is 35.5 Å². The topological polar surface area (TPSA) is 6.48 Å². The van der Waals surface area contributed by atoms with Crippen LogP contribution in [0.15, 0.2) is 158 Å². The Bertz CT molecular complexity index is 2890. The van der Waals surface area contributed by atoms with Crippen molar-refractivity contribution in [2.45, 2.75) is 94.8 Å². The molecule has 67 heavy (non-hydrogen) atoms. The summed E-state index contributed by atoms with van der Waals surface area (Å²) in [6.45, 7) is 2.46. The summed E-state index contributed by atoms with van der Waals surface area (Å²) in [4.78, 5) is 5.40. The van der Waals surface area contributed by atoms with Gasteiger partial charge in [-0.05, 0) is 233 Å². The average molecular weight is 883 g/mol. The molecule has 0 atom stereocenters. The minimum Gasteiger partial charge on any atom is -0.311 e. The van der Waals surface area contributed by atoms with E-state index in [1.807, 2.05) is 0 Å². The Morgan fingerprint density at radius 3 is 1.15 bits per heavy atom. The molecule has 8 aliphatic carbocycles. The first-order valence-electron chi connectivity index (χ1n) is 26.3. The highest BCUT2D eigenvalue weighted by atomic mass is 28.3. The largest absolute Gasteiger partial charge is 0.311 e. The van der Waals surface area contributed by atoms with E-state index in [9.17, 15) is 0 Å². The monoisotopic (exact) mass is 882 g/mol. The Balaban J connectivity index is 0.937. The molecule has 328 valence electrons. The minimum absolute atomic E-state index is 0.126. The fourth-order valence-electron chi connectivity index (χ4n) is 18.6. The average Bonchev–Trinajstić information content (AvgIpc) is 3.34. The van der Waals surface area contributed by atoms with E-state index in [4.69, 9.17) is 0 Å². The van der Waals surface area contributed by atoms with Crippen molar-refractivity contribution in [2.24, 2.45) is 35.5 Å². The summed E-state index contributed by atoms with van der Waals surface area (Å²) < 4.78 is 0. The molecule has 0 saturated heterocycles. The molecule has 8 bridgehead atoms. The third-order valence-electron chi connectivity index (χ3n) is 20.1. The van der Waals surface area contributed by atoms with Gasteiger partial charge in [0.15, 0.2) is 8.07 Å². The first-order valence-corrected chi connectivity index (χ1v) is 28.3. The summed E-state index contributed by atoms with van der Waals surface area (Å²) >= 11 is 0. The van der Waals surface area contributed by atoms with E-state index in [-0.39, 0.29) is 6.71 Å².